The number of carbonyl (C=O) groups is 2. The lowest BCUT2D eigenvalue weighted by atomic mass is 9.85. The lowest BCUT2D eigenvalue weighted by Crippen LogP contribution is -2.33. The molecule has 0 radical (unpaired) electrons. The molecule has 0 spiro atoms. The smallest absolute Gasteiger partial charge is 0.238 e. The fourth-order valence-corrected chi connectivity index (χ4v) is 4.11. The summed E-state index contributed by atoms with van der Waals surface area (Å²) in [5, 5.41) is 0. The number of imide groups is 1. The fourth-order valence-electron chi connectivity index (χ4n) is 4.11. The van der Waals surface area contributed by atoms with Gasteiger partial charge in [-0.15, -0.1) is 0 Å². The van der Waals surface area contributed by atoms with Crippen LogP contribution >= 0.6 is 0 Å². The van der Waals surface area contributed by atoms with E-state index in [1.54, 1.807) is 25.3 Å². The minimum atomic E-state index is -0.200. The average Bonchev–Trinajstić information content (AvgIpc) is 3.21. The number of methoxy groups -OCH3 is 2. The van der Waals surface area contributed by atoms with E-state index in [1.165, 1.54) is 12.0 Å². The Morgan fingerprint density at radius 3 is 2.18 bits per heavy atom. The van der Waals surface area contributed by atoms with Gasteiger partial charge in [0.25, 0.3) is 0 Å². The Kier molecular flexibility index (Phi) is 2.79. The van der Waals surface area contributed by atoms with Crippen molar-refractivity contribution >= 4 is 17.5 Å². The van der Waals surface area contributed by atoms with Crippen molar-refractivity contribution in [3.8, 4) is 11.5 Å². The summed E-state index contributed by atoms with van der Waals surface area (Å²) < 4.78 is 10.5. The topological polar surface area (TPSA) is 55.8 Å². The molecule has 2 bridgehead atoms. The Hall–Kier alpha value is -2.30. The molecule has 2 fully saturated rings. The summed E-state index contributed by atoms with van der Waals surface area (Å²) in [7, 11) is 3.09. The third-order valence-corrected chi connectivity index (χ3v) is 5.10. The molecule has 114 valence electrons. The number of ether oxygens (including phenoxy) is 2. The van der Waals surface area contributed by atoms with Crippen molar-refractivity contribution in [2.24, 2.45) is 23.7 Å². The van der Waals surface area contributed by atoms with Crippen molar-refractivity contribution < 1.29 is 19.1 Å². The number of benzene rings is 1. The summed E-state index contributed by atoms with van der Waals surface area (Å²) in [4.78, 5) is 26.9. The highest BCUT2D eigenvalue weighted by Crippen LogP contribution is 2.54. The molecule has 0 N–H and O–H groups in total. The van der Waals surface area contributed by atoms with Gasteiger partial charge in [0, 0.05) is 6.07 Å². The molecule has 0 aromatic heterocycles. The molecule has 3 aliphatic rings. The van der Waals surface area contributed by atoms with E-state index in [1.807, 2.05) is 0 Å². The Balaban J connectivity index is 1.75. The maximum atomic E-state index is 12.8. The second-order valence-corrected chi connectivity index (χ2v) is 6.05. The van der Waals surface area contributed by atoms with Crippen LogP contribution in [0.3, 0.4) is 0 Å². The van der Waals surface area contributed by atoms with E-state index in [0.717, 1.165) is 6.42 Å². The van der Waals surface area contributed by atoms with Gasteiger partial charge in [0.1, 0.15) is 11.5 Å². The van der Waals surface area contributed by atoms with Gasteiger partial charge in [0.05, 0.1) is 31.7 Å². The highest BCUT2D eigenvalue weighted by Gasteiger charge is 2.59. The van der Waals surface area contributed by atoms with E-state index < -0.39 is 0 Å². The predicted molar refractivity (Wildman–Crippen MR) is 79.8 cm³/mol. The van der Waals surface area contributed by atoms with E-state index in [2.05, 4.69) is 12.2 Å². The number of carbonyl (C=O) groups excluding carboxylic acids is 2. The zero-order valence-corrected chi connectivity index (χ0v) is 12.5. The fraction of sp³-hybridized carbons (Fsp3) is 0.412. The minimum absolute atomic E-state index is 0.102. The number of rotatable bonds is 3. The summed E-state index contributed by atoms with van der Waals surface area (Å²) in [6, 6.07) is 5.14. The second-order valence-electron chi connectivity index (χ2n) is 6.05. The van der Waals surface area contributed by atoms with E-state index in [4.69, 9.17) is 9.47 Å². The molecule has 22 heavy (non-hydrogen) atoms. The van der Waals surface area contributed by atoms with Crippen molar-refractivity contribution in [3.05, 3.63) is 30.4 Å². The van der Waals surface area contributed by atoms with Crippen LogP contribution in [0.15, 0.2) is 30.4 Å². The molecular formula is C17H17NO4. The molecule has 1 aromatic rings. The molecule has 5 nitrogen and oxygen atoms in total. The molecule has 0 unspecified atom stereocenters. The van der Waals surface area contributed by atoms with Crippen LogP contribution in [0.25, 0.3) is 0 Å². The van der Waals surface area contributed by atoms with Gasteiger partial charge in [-0.25, -0.2) is 4.90 Å². The summed E-state index contributed by atoms with van der Waals surface area (Å²) in [6.07, 6.45) is 5.11. The Morgan fingerprint density at radius 1 is 1.00 bits per heavy atom. The standard InChI is InChI=1S/C17H17NO4/c1-21-11-5-6-12(13(8-11)22-2)18-16(19)14-9-3-4-10(7-9)15(14)17(18)20/h3-6,8-10,14-15H,7H2,1-2H3/t9-,10-,14-,15-/m0/s1. The van der Waals surface area contributed by atoms with Crippen molar-refractivity contribution in [2.75, 3.05) is 19.1 Å². The Bertz CT molecular complexity index is 666. The normalized spacial score (nSPS) is 31.8. The summed E-state index contributed by atoms with van der Waals surface area (Å²) in [5.41, 5.74) is 0.507. The quantitative estimate of drug-likeness (QED) is 0.633. The molecule has 1 aromatic carbocycles. The van der Waals surface area contributed by atoms with Crippen LogP contribution in [0.1, 0.15) is 6.42 Å². The SMILES string of the molecule is COc1ccc(N2C(=O)[C@@H]3[C@@H](C2=O)[C@H]2C=C[C@H]3C2)c(OC)c1. The zero-order valence-electron chi connectivity index (χ0n) is 12.5. The highest BCUT2D eigenvalue weighted by atomic mass is 16.5. The third-order valence-electron chi connectivity index (χ3n) is 5.10. The molecule has 2 amide bonds. The predicted octanol–water partition coefficient (Wildman–Crippen LogP) is 2.02. The van der Waals surface area contributed by atoms with E-state index in [0.29, 0.717) is 17.2 Å². The number of hydrogen-bond acceptors (Lipinski definition) is 4. The summed E-state index contributed by atoms with van der Waals surface area (Å²) >= 11 is 0. The lowest BCUT2D eigenvalue weighted by Gasteiger charge is -2.20. The van der Waals surface area contributed by atoms with E-state index in [9.17, 15) is 9.59 Å². The molecule has 1 heterocycles. The largest absolute Gasteiger partial charge is 0.497 e. The molecule has 2 aliphatic carbocycles. The molecule has 1 saturated heterocycles. The van der Waals surface area contributed by atoms with Crippen LogP contribution in [-0.2, 0) is 9.59 Å². The number of amides is 2. The van der Waals surface area contributed by atoms with Gasteiger partial charge in [-0.1, -0.05) is 12.2 Å². The first kappa shape index (κ1) is 13.4. The number of nitrogens with zero attached hydrogens (tertiary/aromatic N) is 1. The van der Waals surface area contributed by atoms with Gasteiger partial charge in [0.15, 0.2) is 0 Å². The van der Waals surface area contributed by atoms with Crippen LogP contribution in [0, 0.1) is 23.7 Å². The molecule has 5 heteroatoms. The van der Waals surface area contributed by atoms with Gasteiger partial charge in [-0.05, 0) is 30.4 Å². The number of fused-ring (bicyclic) bond motifs is 5. The number of hydrogen-bond donors (Lipinski definition) is 0. The van der Waals surface area contributed by atoms with Crippen molar-refractivity contribution in [3.63, 3.8) is 0 Å². The highest BCUT2D eigenvalue weighted by molar-refractivity contribution is 6.23. The van der Waals surface area contributed by atoms with Crippen molar-refractivity contribution in [1.82, 2.24) is 0 Å². The molecule has 1 aliphatic heterocycles. The van der Waals surface area contributed by atoms with Crippen LogP contribution in [0.5, 0.6) is 11.5 Å². The molecule has 4 atom stereocenters. The third kappa shape index (κ3) is 1.59. The maximum absolute atomic E-state index is 12.8. The van der Waals surface area contributed by atoms with E-state index in [-0.39, 0.29) is 35.5 Å². The number of allylic oxidation sites excluding steroid dienone is 2. The number of anilines is 1. The van der Waals surface area contributed by atoms with Crippen LogP contribution < -0.4 is 14.4 Å². The first-order chi connectivity index (χ1) is 10.7. The molecule has 1 saturated carbocycles. The second kappa shape index (κ2) is 4.60. The summed E-state index contributed by atoms with van der Waals surface area (Å²) in [6.45, 7) is 0. The average molecular weight is 299 g/mol. The monoisotopic (exact) mass is 299 g/mol. The van der Waals surface area contributed by atoms with Crippen LogP contribution in [0.4, 0.5) is 5.69 Å². The van der Waals surface area contributed by atoms with Crippen LogP contribution in [-0.4, -0.2) is 26.0 Å². The van der Waals surface area contributed by atoms with Gasteiger partial charge in [0.2, 0.25) is 11.8 Å². The van der Waals surface area contributed by atoms with Gasteiger partial charge in [-0.2, -0.15) is 0 Å². The molecule has 4 rings (SSSR count). The first-order valence-electron chi connectivity index (χ1n) is 7.44. The minimum Gasteiger partial charge on any atom is -0.497 e. The van der Waals surface area contributed by atoms with Gasteiger partial charge < -0.3 is 9.47 Å². The zero-order chi connectivity index (χ0) is 15.4. The Morgan fingerprint density at radius 2 is 1.64 bits per heavy atom. The maximum Gasteiger partial charge on any atom is 0.238 e. The lowest BCUT2D eigenvalue weighted by molar-refractivity contribution is -0.123. The Labute approximate surface area is 128 Å². The van der Waals surface area contributed by atoms with Gasteiger partial charge in [-0.3, -0.25) is 9.59 Å². The molecular weight excluding hydrogens is 282 g/mol. The van der Waals surface area contributed by atoms with E-state index >= 15 is 0 Å². The summed E-state index contributed by atoms with van der Waals surface area (Å²) in [5.74, 6) is 0.915. The van der Waals surface area contributed by atoms with Crippen molar-refractivity contribution in [2.45, 2.75) is 6.42 Å². The van der Waals surface area contributed by atoms with Gasteiger partial charge >= 0.3 is 0 Å². The first-order valence-corrected chi connectivity index (χ1v) is 7.44. The van der Waals surface area contributed by atoms with Crippen molar-refractivity contribution in [1.29, 1.82) is 0 Å². The van der Waals surface area contributed by atoms with Crippen LogP contribution in [0.2, 0.25) is 0 Å².